The van der Waals surface area contributed by atoms with Crippen LogP contribution in [0.5, 0.6) is 0 Å². The quantitative estimate of drug-likeness (QED) is 0.465. The van der Waals surface area contributed by atoms with Gasteiger partial charge in [-0.1, -0.05) is 22.6 Å². The third-order valence-electron chi connectivity index (χ3n) is 1.23. The van der Waals surface area contributed by atoms with E-state index in [-0.39, 0.29) is 0 Å². The van der Waals surface area contributed by atoms with Crippen LogP contribution in [0.4, 0.5) is 0 Å². The lowest BCUT2D eigenvalue weighted by molar-refractivity contribution is 0.0503. The van der Waals surface area contributed by atoms with Gasteiger partial charge in [0, 0.05) is 13.1 Å². The van der Waals surface area contributed by atoms with Crippen molar-refractivity contribution in [3.05, 3.63) is 0 Å². The topological polar surface area (TPSA) is 12.5 Å². The van der Waals surface area contributed by atoms with E-state index < -0.39 is 0 Å². The fourth-order valence-corrected chi connectivity index (χ4v) is 0.655. The second kappa shape index (κ2) is 6.77. The van der Waals surface area contributed by atoms with Crippen molar-refractivity contribution < 1.29 is 4.74 Å². The van der Waals surface area contributed by atoms with Crippen LogP contribution in [0.15, 0.2) is 0 Å². The van der Waals surface area contributed by atoms with E-state index in [0.29, 0.717) is 0 Å². The number of morpholine rings is 1. The molecule has 1 aliphatic heterocycles. The van der Waals surface area contributed by atoms with Crippen molar-refractivity contribution in [2.24, 2.45) is 0 Å². The van der Waals surface area contributed by atoms with Gasteiger partial charge in [-0.25, -0.2) is 0 Å². The number of halogens is 1. The van der Waals surface area contributed by atoms with Gasteiger partial charge in [-0.3, -0.25) is 0 Å². The maximum absolute atomic E-state index is 5.10. The fraction of sp³-hybridized carbons (Fsp3) is 1.00. The molecule has 0 bridgehead atoms. The first kappa shape index (κ1) is 9.65. The Kier molecular flexibility index (Phi) is 7.25. The maximum Gasteiger partial charge on any atom is 0.0594 e. The zero-order valence-corrected chi connectivity index (χ0v) is 8.22. The minimum atomic E-state index is 0.913. The summed E-state index contributed by atoms with van der Waals surface area (Å²) < 4.78 is 5.10. The Morgan fingerprint density at radius 3 is 1.89 bits per heavy atom. The second-order valence-corrected chi connectivity index (χ2v) is 1.92. The lowest BCUT2D eigenvalue weighted by Gasteiger charge is -2.21. The number of rotatable bonds is 0. The number of likely N-dealkylation sites (N-methyl/N-ethyl adjacent to an activating group) is 1. The predicted molar refractivity (Wildman–Crippen MR) is 48.3 cm³/mol. The van der Waals surface area contributed by atoms with Crippen LogP contribution < -0.4 is 0 Å². The van der Waals surface area contributed by atoms with Crippen molar-refractivity contribution in [1.82, 2.24) is 4.90 Å². The summed E-state index contributed by atoms with van der Waals surface area (Å²) in [6.45, 7) is 4.02. The van der Waals surface area contributed by atoms with Crippen molar-refractivity contribution in [2.45, 2.75) is 0 Å². The van der Waals surface area contributed by atoms with E-state index in [1.54, 1.807) is 0 Å². The van der Waals surface area contributed by atoms with Crippen molar-refractivity contribution in [3.63, 3.8) is 0 Å². The molecule has 0 N–H and O–H groups in total. The van der Waals surface area contributed by atoms with Crippen LogP contribution in [0.25, 0.3) is 0 Å². The minimum Gasteiger partial charge on any atom is -0.379 e. The van der Waals surface area contributed by atoms with Gasteiger partial charge in [-0.2, -0.15) is 0 Å². The molecule has 0 saturated carbocycles. The summed E-state index contributed by atoms with van der Waals surface area (Å²) in [4.78, 5) is 4.24. The number of hydrogen-bond donors (Lipinski definition) is 0. The molecule has 0 aromatic heterocycles. The molecule has 0 aliphatic carbocycles. The molecule has 0 radical (unpaired) electrons. The summed E-state index contributed by atoms with van der Waals surface area (Å²) >= 11 is 2.15. The highest BCUT2D eigenvalue weighted by atomic mass is 127. The van der Waals surface area contributed by atoms with Crippen LogP contribution in [-0.2, 0) is 4.74 Å². The van der Waals surface area contributed by atoms with Crippen LogP contribution >= 0.6 is 22.6 Å². The van der Waals surface area contributed by atoms with E-state index in [9.17, 15) is 0 Å². The van der Waals surface area contributed by atoms with Gasteiger partial charge in [0.15, 0.2) is 0 Å². The minimum absolute atomic E-state index is 0.913. The highest BCUT2D eigenvalue weighted by Gasteiger charge is 2.02. The summed E-state index contributed by atoms with van der Waals surface area (Å²) in [6, 6.07) is 0. The summed E-state index contributed by atoms with van der Waals surface area (Å²) in [5.41, 5.74) is 0. The van der Waals surface area contributed by atoms with Gasteiger partial charge in [0.25, 0.3) is 0 Å². The highest BCUT2D eigenvalue weighted by molar-refractivity contribution is 14.1. The molecule has 56 valence electrons. The Bertz CT molecular complexity index is 55.0. The molecular weight excluding hydrogens is 229 g/mol. The molecule has 1 rings (SSSR count). The van der Waals surface area contributed by atoms with Gasteiger partial charge in [0.2, 0.25) is 0 Å². The normalized spacial score (nSPS) is 20.3. The lowest BCUT2D eigenvalue weighted by Crippen LogP contribution is -2.32. The van der Waals surface area contributed by atoms with Gasteiger partial charge >= 0.3 is 0 Å². The van der Waals surface area contributed by atoms with Crippen molar-refractivity contribution >= 4 is 22.6 Å². The molecule has 2 nitrogen and oxygen atoms in total. The van der Waals surface area contributed by atoms with Crippen molar-refractivity contribution in [3.8, 4) is 0 Å². The Balaban J connectivity index is 0.000000291. The van der Waals surface area contributed by atoms with E-state index in [1.165, 1.54) is 0 Å². The number of nitrogens with zero attached hydrogens (tertiary/aromatic N) is 1. The zero-order valence-electron chi connectivity index (χ0n) is 6.06. The smallest absolute Gasteiger partial charge is 0.0594 e. The van der Waals surface area contributed by atoms with Gasteiger partial charge < -0.3 is 9.64 Å². The molecule has 1 fully saturated rings. The predicted octanol–water partition coefficient (Wildman–Crippen LogP) is 1.000. The summed E-state index contributed by atoms with van der Waals surface area (Å²) in [7, 11) is 2.11. The molecule has 0 atom stereocenters. The molecule has 9 heavy (non-hydrogen) atoms. The third-order valence-corrected chi connectivity index (χ3v) is 1.23. The molecule has 0 aromatic carbocycles. The summed E-state index contributed by atoms with van der Waals surface area (Å²) in [5.74, 6) is 0. The fourth-order valence-electron chi connectivity index (χ4n) is 0.655. The van der Waals surface area contributed by atoms with Crippen molar-refractivity contribution in [2.75, 3.05) is 38.3 Å². The SMILES string of the molecule is CI.CN1CCOCC1. The summed E-state index contributed by atoms with van der Waals surface area (Å²) in [6.07, 6.45) is 0. The Morgan fingerprint density at radius 2 is 1.67 bits per heavy atom. The van der Waals surface area contributed by atoms with E-state index in [4.69, 9.17) is 4.74 Å². The van der Waals surface area contributed by atoms with Crippen LogP contribution in [0.2, 0.25) is 0 Å². The molecule has 3 heteroatoms. The molecule has 0 aromatic rings. The van der Waals surface area contributed by atoms with Crippen LogP contribution in [0.1, 0.15) is 0 Å². The highest BCUT2D eigenvalue weighted by Crippen LogP contribution is 1.89. The Morgan fingerprint density at radius 1 is 1.22 bits per heavy atom. The van der Waals surface area contributed by atoms with Gasteiger partial charge in [0.05, 0.1) is 13.2 Å². The molecular formula is C6H14INO. The van der Waals surface area contributed by atoms with Crippen LogP contribution in [0, 0.1) is 0 Å². The first-order valence-electron chi connectivity index (χ1n) is 3.03. The standard InChI is InChI=1S/C5H11NO.CH3I/c1-6-2-4-7-5-3-6;1-2/h2-5H2,1H3;1H3. The number of ether oxygens (including phenoxy) is 1. The average Bonchev–Trinajstić information content (AvgIpc) is 1.94. The first-order valence-corrected chi connectivity index (χ1v) is 5.19. The maximum atomic E-state index is 5.10. The lowest BCUT2D eigenvalue weighted by atomic mass is 10.5. The molecule has 0 unspecified atom stereocenters. The van der Waals surface area contributed by atoms with Crippen molar-refractivity contribution in [1.29, 1.82) is 0 Å². The molecule has 1 heterocycles. The summed E-state index contributed by atoms with van der Waals surface area (Å²) in [5, 5.41) is 0. The number of alkyl halides is 1. The van der Waals surface area contributed by atoms with E-state index >= 15 is 0 Å². The first-order chi connectivity index (χ1) is 4.39. The van der Waals surface area contributed by atoms with Gasteiger partial charge in [-0.15, -0.1) is 0 Å². The van der Waals surface area contributed by atoms with E-state index in [0.717, 1.165) is 26.3 Å². The molecule has 0 spiro atoms. The van der Waals surface area contributed by atoms with Crippen LogP contribution in [0.3, 0.4) is 0 Å². The number of hydrogen-bond acceptors (Lipinski definition) is 2. The average molecular weight is 243 g/mol. The van der Waals surface area contributed by atoms with Gasteiger partial charge in [-0.05, 0) is 12.0 Å². The largest absolute Gasteiger partial charge is 0.379 e. The molecule has 1 aliphatic rings. The van der Waals surface area contributed by atoms with E-state index in [2.05, 4.69) is 34.5 Å². The third kappa shape index (κ3) is 5.11. The Hall–Kier alpha value is 0.650. The second-order valence-electron chi connectivity index (χ2n) is 1.92. The Labute approximate surface area is 70.7 Å². The molecule has 0 amide bonds. The van der Waals surface area contributed by atoms with Crippen LogP contribution in [-0.4, -0.2) is 43.2 Å². The zero-order chi connectivity index (χ0) is 7.11. The van der Waals surface area contributed by atoms with Gasteiger partial charge in [0.1, 0.15) is 0 Å². The monoisotopic (exact) mass is 243 g/mol. The molecule has 1 saturated heterocycles. The van der Waals surface area contributed by atoms with E-state index in [1.807, 2.05) is 4.93 Å².